The third-order valence-electron chi connectivity index (χ3n) is 3.02. The Morgan fingerprint density at radius 1 is 1.10 bits per heavy atom. The van der Waals surface area contributed by atoms with E-state index in [1.807, 2.05) is 11.8 Å². The normalized spacial score (nSPS) is 10.7. The molecule has 0 atom stereocenters. The van der Waals surface area contributed by atoms with Gasteiger partial charge < -0.3 is 5.32 Å². The molecule has 0 amide bonds. The zero-order valence-electron chi connectivity index (χ0n) is 12.6. The molecule has 3 nitrogen and oxygen atoms in total. The molecule has 1 N–H and O–H groups in total. The van der Waals surface area contributed by atoms with Gasteiger partial charge in [0.2, 0.25) is 0 Å². The number of rotatable bonds is 6. The van der Waals surface area contributed by atoms with Gasteiger partial charge in [0.1, 0.15) is 5.82 Å². The highest BCUT2D eigenvalue weighted by Crippen LogP contribution is 2.26. The molecule has 2 rings (SSSR count). The Bertz CT molecular complexity index is 599. The van der Waals surface area contributed by atoms with E-state index < -0.39 is 0 Å². The average molecular weight is 413 g/mol. The number of thioether (sulfide) groups is 1. The lowest BCUT2D eigenvalue weighted by molar-refractivity contribution is 0.982. The quantitative estimate of drug-likeness (QED) is 0.543. The summed E-state index contributed by atoms with van der Waals surface area (Å²) in [6.45, 7) is 7.24. The number of nitrogens with one attached hydrogen (secondary N) is 1. The van der Waals surface area contributed by atoms with Crippen LogP contribution in [0, 0.1) is 3.57 Å². The second-order valence-electron chi connectivity index (χ2n) is 4.50. The fraction of sp³-hybridized carbons (Fsp3) is 0.375. The van der Waals surface area contributed by atoms with Crippen LogP contribution in [0.3, 0.4) is 0 Å². The van der Waals surface area contributed by atoms with Crippen LogP contribution in [0.2, 0.25) is 0 Å². The number of benzene rings is 1. The Morgan fingerprint density at radius 3 is 2.38 bits per heavy atom. The molecular formula is C16H20IN3S. The van der Waals surface area contributed by atoms with Crippen molar-refractivity contribution >= 4 is 40.2 Å². The number of halogens is 1. The minimum atomic E-state index is 0.802. The number of hydrogen-bond donors (Lipinski definition) is 1. The molecule has 112 valence electrons. The van der Waals surface area contributed by atoms with Crippen molar-refractivity contribution in [1.29, 1.82) is 0 Å². The molecule has 0 saturated carbocycles. The van der Waals surface area contributed by atoms with Gasteiger partial charge in [-0.1, -0.05) is 26.0 Å². The highest BCUT2D eigenvalue weighted by atomic mass is 127. The van der Waals surface area contributed by atoms with Crippen LogP contribution in [-0.2, 0) is 6.42 Å². The van der Waals surface area contributed by atoms with Gasteiger partial charge in [-0.05, 0) is 53.8 Å². The van der Waals surface area contributed by atoms with Gasteiger partial charge >= 0.3 is 0 Å². The molecule has 21 heavy (non-hydrogen) atoms. The zero-order valence-corrected chi connectivity index (χ0v) is 15.6. The fourth-order valence-corrected chi connectivity index (χ4v) is 3.48. The molecule has 0 radical (unpaired) electrons. The molecule has 2 aromatic rings. The summed E-state index contributed by atoms with van der Waals surface area (Å²) in [7, 11) is 0. The van der Waals surface area contributed by atoms with E-state index in [-0.39, 0.29) is 0 Å². The first-order valence-electron chi connectivity index (χ1n) is 7.23. The molecule has 0 bridgehead atoms. The van der Waals surface area contributed by atoms with Gasteiger partial charge in [-0.3, -0.25) is 0 Å². The Balaban J connectivity index is 2.40. The molecule has 5 heteroatoms. The van der Waals surface area contributed by atoms with Gasteiger partial charge in [0, 0.05) is 17.0 Å². The highest BCUT2D eigenvalue weighted by molar-refractivity contribution is 14.1. The summed E-state index contributed by atoms with van der Waals surface area (Å²) in [5.74, 6) is 2.83. The van der Waals surface area contributed by atoms with Crippen LogP contribution in [0.25, 0.3) is 11.4 Å². The lowest BCUT2D eigenvalue weighted by Gasteiger charge is -2.11. The van der Waals surface area contributed by atoms with Gasteiger partial charge in [0.15, 0.2) is 5.82 Å². The van der Waals surface area contributed by atoms with Gasteiger partial charge in [-0.25, -0.2) is 9.97 Å². The Morgan fingerprint density at radius 2 is 1.81 bits per heavy atom. The Labute approximate surface area is 144 Å². The van der Waals surface area contributed by atoms with Crippen LogP contribution in [-0.4, -0.2) is 22.3 Å². The van der Waals surface area contributed by atoms with E-state index in [0.717, 1.165) is 45.2 Å². The number of aryl methyl sites for hydroxylation is 1. The highest BCUT2D eigenvalue weighted by Gasteiger charge is 2.11. The number of nitrogens with zero attached hydrogens (tertiary/aromatic N) is 2. The van der Waals surface area contributed by atoms with Crippen molar-refractivity contribution in [2.45, 2.75) is 32.1 Å². The van der Waals surface area contributed by atoms with E-state index in [0.29, 0.717) is 0 Å². The number of hydrogen-bond acceptors (Lipinski definition) is 4. The maximum absolute atomic E-state index is 4.71. The smallest absolute Gasteiger partial charge is 0.161 e. The molecule has 0 saturated heterocycles. The third-order valence-corrected chi connectivity index (χ3v) is 5.05. The van der Waals surface area contributed by atoms with Gasteiger partial charge in [0.05, 0.1) is 9.26 Å². The minimum Gasteiger partial charge on any atom is -0.369 e. The summed E-state index contributed by atoms with van der Waals surface area (Å²) in [6, 6.07) is 8.50. The van der Waals surface area contributed by atoms with Crippen LogP contribution in [0.5, 0.6) is 0 Å². The van der Waals surface area contributed by atoms with E-state index in [2.05, 4.69) is 77.9 Å². The van der Waals surface area contributed by atoms with Gasteiger partial charge in [-0.15, -0.1) is 11.8 Å². The molecule has 0 spiro atoms. The van der Waals surface area contributed by atoms with E-state index in [1.54, 1.807) is 0 Å². The summed E-state index contributed by atoms with van der Waals surface area (Å²) in [5, 5.41) is 3.33. The van der Waals surface area contributed by atoms with Crippen molar-refractivity contribution in [3.8, 4) is 11.4 Å². The van der Waals surface area contributed by atoms with Crippen molar-refractivity contribution in [3.63, 3.8) is 0 Å². The van der Waals surface area contributed by atoms with Crippen molar-refractivity contribution in [2.24, 2.45) is 0 Å². The molecule has 0 aliphatic heterocycles. The number of aromatic nitrogens is 2. The average Bonchev–Trinajstić information content (AvgIpc) is 2.51. The fourth-order valence-electron chi connectivity index (χ4n) is 2.01. The Hall–Kier alpha value is -0.820. The molecule has 1 heterocycles. The van der Waals surface area contributed by atoms with E-state index in [4.69, 9.17) is 4.98 Å². The predicted molar refractivity (Wildman–Crippen MR) is 100 cm³/mol. The second-order valence-corrected chi connectivity index (χ2v) is 6.91. The SMILES string of the molecule is CCNc1nc(-c2ccc(SCC)cc2)nc(CC)c1I. The molecule has 1 aromatic carbocycles. The maximum Gasteiger partial charge on any atom is 0.161 e. The van der Waals surface area contributed by atoms with Crippen molar-refractivity contribution in [2.75, 3.05) is 17.6 Å². The third kappa shape index (κ3) is 4.10. The van der Waals surface area contributed by atoms with E-state index in [9.17, 15) is 0 Å². The van der Waals surface area contributed by atoms with E-state index in [1.165, 1.54) is 4.90 Å². The molecule has 0 fully saturated rings. The van der Waals surface area contributed by atoms with Crippen molar-refractivity contribution in [1.82, 2.24) is 9.97 Å². The minimum absolute atomic E-state index is 0.802. The summed E-state index contributed by atoms with van der Waals surface area (Å²) >= 11 is 4.17. The van der Waals surface area contributed by atoms with Gasteiger partial charge in [-0.2, -0.15) is 0 Å². The molecule has 1 aromatic heterocycles. The summed E-state index contributed by atoms with van der Waals surface area (Å²) in [6.07, 6.45) is 0.913. The largest absolute Gasteiger partial charge is 0.369 e. The van der Waals surface area contributed by atoms with E-state index >= 15 is 0 Å². The van der Waals surface area contributed by atoms with Crippen LogP contribution in [0.15, 0.2) is 29.2 Å². The standard InChI is InChI=1S/C16H20IN3S/c1-4-13-14(17)16(18-5-2)20-15(19-13)11-7-9-12(10-8-11)21-6-3/h7-10H,4-6H2,1-3H3,(H,18,19,20). The first-order valence-corrected chi connectivity index (χ1v) is 9.29. The molecular weight excluding hydrogens is 393 g/mol. The second kappa shape index (κ2) is 7.98. The van der Waals surface area contributed by atoms with Crippen LogP contribution in [0.4, 0.5) is 5.82 Å². The topological polar surface area (TPSA) is 37.8 Å². The molecule has 0 aliphatic carbocycles. The monoisotopic (exact) mass is 413 g/mol. The van der Waals surface area contributed by atoms with Crippen molar-refractivity contribution < 1.29 is 0 Å². The Kier molecular flexibility index (Phi) is 6.29. The molecule has 0 aliphatic rings. The predicted octanol–water partition coefficient (Wildman–Crippen LogP) is 4.85. The summed E-state index contributed by atoms with van der Waals surface area (Å²) in [5.41, 5.74) is 2.17. The first kappa shape index (κ1) is 16.5. The van der Waals surface area contributed by atoms with Crippen LogP contribution < -0.4 is 5.32 Å². The zero-order chi connectivity index (χ0) is 15.2. The first-order chi connectivity index (χ1) is 10.2. The lowest BCUT2D eigenvalue weighted by atomic mass is 10.2. The van der Waals surface area contributed by atoms with Crippen LogP contribution in [0.1, 0.15) is 26.5 Å². The molecule has 0 unspecified atom stereocenters. The summed E-state index contributed by atoms with van der Waals surface area (Å²) < 4.78 is 1.12. The number of anilines is 1. The van der Waals surface area contributed by atoms with Gasteiger partial charge in [0.25, 0.3) is 0 Å². The lowest BCUT2D eigenvalue weighted by Crippen LogP contribution is -2.07. The maximum atomic E-state index is 4.71. The van der Waals surface area contributed by atoms with Crippen LogP contribution >= 0.6 is 34.4 Å². The summed E-state index contributed by atoms with van der Waals surface area (Å²) in [4.78, 5) is 10.7. The van der Waals surface area contributed by atoms with Crippen molar-refractivity contribution in [3.05, 3.63) is 33.5 Å².